The van der Waals surface area contributed by atoms with Gasteiger partial charge >= 0.3 is 5.97 Å². The standard InChI is InChI=1S/C21H23NO4/c1-26-19(23)14-6-3-9-15-22-21(25)18-13-8-7-12-17(18)20(24)16-10-4-2-5-11-16/h2,4-5,7-8,10-13H,3,6,9,14-15H2,1H3,(H,22,25). The first-order valence-corrected chi connectivity index (χ1v) is 8.67. The van der Waals surface area contributed by atoms with Crippen molar-refractivity contribution in [1.82, 2.24) is 5.32 Å². The lowest BCUT2D eigenvalue weighted by molar-refractivity contribution is -0.140. The molecule has 26 heavy (non-hydrogen) atoms. The van der Waals surface area contributed by atoms with E-state index in [1.54, 1.807) is 48.5 Å². The van der Waals surface area contributed by atoms with E-state index in [1.165, 1.54) is 7.11 Å². The predicted molar refractivity (Wildman–Crippen MR) is 99.1 cm³/mol. The molecule has 1 N–H and O–H groups in total. The number of hydrogen-bond donors (Lipinski definition) is 1. The van der Waals surface area contributed by atoms with Crippen LogP contribution in [0.2, 0.25) is 0 Å². The zero-order valence-electron chi connectivity index (χ0n) is 14.9. The third-order valence-corrected chi connectivity index (χ3v) is 4.02. The average Bonchev–Trinajstić information content (AvgIpc) is 2.70. The van der Waals surface area contributed by atoms with E-state index in [-0.39, 0.29) is 17.7 Å². The minimum absolute atomic E-state index is 0.172. The highest BCUT2D eigenvalue weighted by Gasteiger charge is 2.17. The van der Waals surface area contributed by atoms with Crippen LogP contribution in [0.1, 0.15) is 52.0 Å². The monoisotopic (exact) mass is 353 g/mol. The Morgan fingerprint density at radius 3 is 2.19 bits per heavy atom. The van der Waals surface area contributed by atoms with Crippen LogP contribution in [-0.2, 0) is 9.53 Å². The van der Waals surface area contributed by atoms with Gasteiger partial charge in [-0.1, -0.05) is 55.0 Å². The van der Waals surface area contributed by atoms with Gasteiger partial charge in [0, 0.05) is 24.1 Å². The lowest BCUT2D eigenvalue weighted by Gasteiger charge is -2.10. The van der Waals surface area contributed by atoms with Gasteiger partial charge in [0.2, 0.25) is 0 Å². The van der Waals surface area contributed by atoms with Crippen LogP contribution < -0.4 is 5.32 Å². The number of carbonyl (C=O) groups excluding carboxylic acids is 3. The van der Waals surface area contributed by atoms with Crippen molar-refractivity contribution in [1.29, 1.82) is 0 Å². The van der Waals surface area contributed by atoms with E-state index >= 15 is 0 Å². The van der Waals surface area contributed by atoms with Crippen LogP contribution in [-0.4, -0.2) is 31.3 Å². The normalized spacial score (nSPS) is 10.2. The summed E-state index contributed by atoms with van der Waals surface area (Å²) in [5.41, 5.74) is 1.31. The maximum absolute atomic E-state index is 12.7. The van der Waals surface area contributed by atoms with Gasteiger partial charge in [-0.05, 0) is 18.9 Å². The Hall–Kier alpha value is -2.95. The first kappa shape index (κ1) is 19.4. The quantitative estimate of drug-likeness (QED) is 0.426. The van der Waals surface area contributed by atoms with Crippen molar-refractivity contribution in [2.45, 2.75) is 25.7 Å². The summed E-state index contributed by atoms with van der Waals surface area (Å²) in [6.45, 7) is 0.494. The van der Waals surface area contributed by atoms with Crippen LogP contribution in [0.15, 0.2) is 54.6 Å². The van der Waals surface area contributed by atoms with E-state index in [0.717, 1.165) is 19.3 Å². The maximum Gasteiger partial charge on any atom is 0.305 e. The molecule has 0 saturated carbocycles. The molecule has 2 aromatic carbocycles. The second kappa shape index (κ2) is 10.1. The molecule has 0 aliphatic carbocycles. The molecule has 5 heteroatoms. The number of ketones is 1. The van der Waals surface area contributed by atoms with Gasteiger partial charge in [-0.3, -0.25) is 14.4 Å². The zero-order valence-corrected chi connectivity index (χ0v) is 14.9. The van der Waals surface area contributed by atoms with E-state index in [0.29, 0.717) is 29.7 Å². The summed E-state index contributed by atoms with van der Waals surface area (Å²) >= 11 is 0. The van der Waals surface area contributed by atoms with E-state index in [1.807, 2.05) is 6.07 Å². The highest BCUT2D eigenvalue weighted by atomic mass is 16.5. The van der Waals surface area contributed by atoms with Crippen LogP contribution in [0.5, 0.6) is 0 Å². The number of nitrogens with one attached hydrogen (secondary N) is 1. The number of methoxy groups -OCH3 is 1. The lowest BCUT2D eigenvalue weighted by atomic mass is 9.98. The van der Waals surface area contributed by atoms with E-state index in [4.69, 9.17) is 0 Å². The Bertz CT molecular complexity index is 756. The van der Waals surface area contributed by atoms with Gasteiger partial charge in [-0.2, -0.15) is 0 Å². The van der Waals surface area contributed by atoms with Gasteiger partial charge in [0.25, 0.3) is 5.91 Å². The van der Waals surface area contributed by atoms with Crippen molar-refractivity contribution in [3.63, 3.8) is 0 Å². The van der Waals surface area contributed by atoms with Gasteiger partial charge < -0.3 is 10.1 Å². The zero-order chi connectivity index (χ0) is 18.8. The number of unbranched alkanes of at least 4 members (excludes halogenated alkanes) is 2. The summed E-state index contributed by atoms with van der Waals surface area (Å²) < 4.78 is 4.58. The average molecular weight is 353 g/mol. The van der Waals surface area contributed by atoms with Crippen molar-refractivity contribution in [2.75, 3.05) is 13.7 Å². The van der Waals surface area contributed by atoms with Crippen LogP contribution >= 0.6 is 0 Å². The van der Waals surface area contributed by atoms with E-state index < -0.39 is 0 Å². The Morgan fingerprint density at radius 2 is 1.50 bits per heavy atom. The molecule has 0 bridgehead atoms. The topological polar surface area (TPSA) is 72.5 Å². The fourth-order valence-corrected chi connectivity index (χ4v) is 2.59. The van der Waals surface area contributed by atoms with Crippen LogP contribution in [0, 0.1) is 0 Å². The van der Waals surface area contributed by atoms with Gasteiger partial charge in [0.1, 0.15) is 0 Å². The summed E-state index contributed by atoms with van der Waals surface area (Å²) in [6.07, 6.45) is 2.70. The SMILES string of the molecule is COC(=O)CCCCCNC(=O)c1ccccc1C(=O)c1ccccc1. The highest BCUT2D eigenvalue weighted by Crippen LogP contribution is 2.15. The number of carbonyl (C=O) groups is 3. The fraction of sp³-hybridized carbons (Fsp3) is 0.286. The van der Waals surface area contributed by atoms with Gasteiger partial charge in [-0.15, -0.1) is 0 Å². The van der Waals surface area contributed by atoms with Crippen molar-refractivity contribution >= 4 is 17.7 Å². The molecule has 136 valence electrons. The molecule has 1 amide bonds. The molecule has 0 fully saturated rings. The van der Waals surface area contributed by atoms with Crippen molar-refractivity contribution in [3.05, 3.63) is 71.3 Å². The van der Waals surface area contributed by atoms with Crippen LogP contribution in [0.4, 0.5) is 0 Å². The number of hydrogen-bond acceptors (Lipinski definition) is 4. The molecule has 0 aromatic heterocycles. The van der Waals surface area contributed by atoms with Crippen molar-refractivity contribution in [3.8, 4) is 0 Å². The molecule has 5 nitrogen and oxygen atoms in total. The molecular weight excluding hydrogens is 330 g/mol. The second-order valence-electron chi connectivity index (χ2n) is 5.88. The molecule has 0 radical (unpaired) electrons. The Kier molecular flexibility index (Phi) is 7.55. The number of rotatable bonds is 9. The molecule has 2 aromatic rings. The molecule has 0 heterocycles. The molecule has 0 saturated heterocycles. The number of esters is 1. The summed E-state index contributed by atoms with van der Waals surface area (Å²) in [4.78, 5) is 36.1. The van der Waals surface area contributed by atoms with E-state index in [9.17, 15) is 14.4 Å². The summed E-state index contributed by atoms with van der Waals surface area (Å²) in [7, 11) is 1.37. The molecule has 0 aliphatic rings. The highest BCUT2D eigenvalue weighted by molar-refractivity contribution is 6.15. The molecule has 2 rings (SSSR count). The maximum atomic E-state index is 12.7. The first-order valence-electron chi connectivity index (χ1n) is 8.67. The molecular formula is C21H23NO4. The Morgan fingerprint density at radius 1 is 0.846 bits per heavy atom. The largest absolute Gasteiger partial charge is 0.469 e. The number of amides is 1. The smallest absolute Gasteiger partial charge is 0.305 e. The fourth-order valence-electron chi connectivity index (χ4n) is 2.59. The van der Waals surface area contributed by atoms with Gasteiger partial charge in [0.15, 0.2) is 5.78 Å². The van der Waals surface area contributed by atoms with Crippen molar-refractivity contribution < 1.29 is 19.1 Å². The first-order chi connectivity index (χ1) is 12.6. The minimum atomic E-state index is -0.266. The van der Waals surface area contributed by atoms with Crippen LogP contribution in [0.25, 0.3) is 0 Å². The minimum Gasteiger partial charge on any atom is -0.469 e. The molecule has 0 unspecified atom stereocenters. The van der Waals surface area contributed by atoms with Crippen LogP contribution in [0.3, 0.4) is 0 Å². The van der Waals surface area contributed by atoms with Gasteiger partial charge in [-0.25, -0.2) is 0 Å². The predicted octanol–water partition coefficient (Wildman–Crippen LogP) is 3.38. The summed E-state index contributed by atoms with van der Waals surface area (Å²) in [6, 6.07) is 15.7. The Balaban J connectivity index is 1.91. The number of benzene rings is 2. The molecule has 0 atom stereocenters. The summed E-state index contributed by atoms with van der Waals surface area (Å²) in [5.74, 6) is -0.658. The molecule has 0 aliphatic heterocycles. The van der Waals surface area contributed by atoms with Gasteiger partial charge in [0.05, 0.1) is 12.7 Å². The third kappa shape index (κ3) is 5.55. The summed E-state index contributed by atoms with van der Waals surface area (Å²) in [5, 5.41) is 2.84. The van der Waals surface area contributed by atoms with E-state index in [2.05, 4.69) is 10.1 Å². The molecule has 0 spiro atoms. The van der Waals surface area contributed by atoms with Crippen molar-refractivity contribution in [2.24, 2.45) is 0 Å². The second-order valence-corrected chi connectivity index (χ2v) is 5.88. The Labute approximate surface area is 153 Å². The number of ether oxygens (including phenoxy) is 1. The third-order valence-electron chi connectivity index (χ3n) is 4.02. The lowest BCUT2D eigenvalue weighted by Crippen LogP contribution is -2.26.